The molecule has 0 spiro atoms. The van der Waals surface area contributed by atoms with Gasteiger partial charge in [-0.15, -0.1) is 0 Å². The summed E-state index contributed by atoms with van der Waals surface area (Å²) in [6.45, 7) is 1.99. The van der Waals surface area contributed by atoms with Gasteiger partial charge in [-0.25, -0.2) is 0 Å². The number of rotatable bonds is 6. The van der Waals surface area contributed by atoms with Gasteiger partial charge in [-0.2, -0.15) is 0 Å². The topological polar surface area (TPSA) is 81.7 Å². The summed E-state index contributed by atoms with van der Waals surface area (Å²) in [6, 6.07) is 6.80. The van der Waals surface area contributed by atoms with Gasteiger partial charge in [0.2, 0.25) is 0 Å². The smallest absolute Gasteiger partial charge is 0.326 e. The summed E-state index contributed by atoms with van der Waals surface area (Å²) < 4.78 is 10.5. The fraction of sp³-hybridized carbons (Fsp3) is 0.471. The number of hydrogen-bond acceptors (Lipinski definition) is 5. The van der Waals surface area contributed by atoms with Crippen LogP contribution in [0.5, 0.6) is 5.75 Å². The Morgan fingerprint density at radius 1 is 1.26 bits per heavy atom. The molecular weight excluding hydrogens is 298 g/mol. The third-order valence-electron chi connectivity index (χ3n) is 3.60. The molecule has 6 nitrogen and oxygen atoms in total. The number of carbonyl (C=O) groups is 3. The highest BCUT2D eigenvalue weighted by atomic mass is 16.5. The average Bonchev–Trinajstić information content (AvgIpc) is 2.55. The first-order valence-corrected chi connectivity index (χ1v) is 7.84. The molecule has 1 fully saturated rings. The highest BCUT2D eigenvalue weighted by molar-refractivity contribution is 5.98. The second-order valence-electron chi connectivity index (χ2n) is 5.30. The lowest BCUT2D eigenvalue weighted by Gasteiger charge is -2.20. The van der Waals surface area contributed by atoms with E-state index >= 15 is 0 Å². The van der Waals surface area contributed by atoms with Crippen LogP contribution in [0.2, 0.25) is 0 Å². The van der Waals surface area contributed by atoms with Crippen molar-refractivity contribution in [2.45, 2.75) is 38.7 Å². The zero-order chi connectivity index (χ0) is 16.7. The van der Waals surface area contributed by atoms with Gasteiger partial charge in [0.15, 0.2) is 11.9 Å². The second-order valence-corrected chi connectivity index (χ2v) is 5.30. The molecule has 1 aliphatic rings. The lowest BCUT2D eigenvalue weighted by Crippen LogP contribution is -2.36. The van der Waals surface area contributed by atoms with Crippen LogP contribution in [0.1, 0.15) is 43.0 Å². The second kappa shape index (κ2) is 8.31. The van der Waals surface area contributed by atoms with Crippen molar-refractivity contribution in [3.63, 3.8) is 0 Å². The number of nitrogens with one attached hydrogen (secondary N) is 1. The van der Waals surface area contributed by atoms with E-state index in [4.69, 9.17) is 9.47 Å². The number of benzene rings is 1. The number of Topliss-reactive ketones (excluding diaryl/α,β-unsaturated/α-hetero) is 1. The molecule has 0 unspecified atom stereocenters. The normalized spacial score (nSPS) is 17.4. The quantitative estimate of drug-likeness (QED) is 0.810. The van der Waals surface area contributed by atoms with Crippen LogP contribution >= 0.6 is 0 Å². The molecule has 0 radical (unpaired) electrons. The van der Waals surface area contributed by atoms with Crippen LogP contribution in [0.15, 0.2) is 24.3 Å². The van der Waals surface area contributed by atoms with Crippen molar-refractivity contribution in [1.82, 2.24) is 5.32 Å². The van der Waals surface area contributed by atoms with Gasteiger partial charge in [-0.1, -0.05) is 12.1 Å². The van der Waals surface area contributed by atoms with Gasteiger partial charge in [-0.3, -0.25) is 14.4 Å². The van der Waals surface area contributed by atoms with Crippen molar-refractivity contribution < 1.29 is 23.9 Å². The zero-order valence-corrected chi connectivity index (χ0v) is 13.2. The van der Waals surface area contributed by atoms with Gasteiger partial charge < -0.3 is 14.8 Å². The monoisotopic (exact) mass is 319 g/mol. The van der Waals surface area contributed by atoms with Crippen LogP contribution in [0.3, 0.4) is 0 Å². The third kappa shape index (κ3) is 4.81. The zero-order valence-electron chi connectivity index (χ0n) is 13.2. The van der Waals surface area contributed by atoms with Gasteiger partial charge >= 0.3 is 5.97 Å². The molecule has 1 amide bonds. The van der Waals surface area contributed by atoms with Crippen LogP contribution in [0.4, 0.5) is 0 Å². The van der Waals surface area contributed by atoms with E-state index in [2.05, 4.69) is 5.32 Å². The molecule has 1 aromatic carbocycles. The number of ketones is 1. The number of amides is 1. The Morgan fingerprint density at radius 2 is 2.04 bits per heavy atom. The maximum atomic E-state index is 12.1. The van der Waals surface area contributed by atoms with Crippen LogP contribution in [0.25, 0.3) is 0 Å². The van der Waals surface area contributed by atoms with E-state index in [1.807, 2.05) is 6.92 Å². The summed E-state index contributed by atoms with van der Waals surface area (Å²) in [5.74, 6) is -0.602. The van der Waals surface area contributed by atoms with E-state index in [9.17, 15) is 14.4 Å². The average molecular weight is 319 g/mol. The molecule has 0 saturated heterocycles. The van der Waals surface area contributed by atoms with E-state index in [0.29, 0.717) is 30.8 Å². The van der Waals surface area contributed by atoms with E-state index in [1.54, 1.807) is 24.3 Å². The van der Waals surface area contributed by atoms with Crippen molar-refractivity contribution in [2.24, 2.45) is 0 Å². The summed E-state index contributed by atoms with van der Waals surface area (Å²) in [5.41, 5.74) is 0.357. The van der Waals surface area contributed by atoms with Crippen LogP contribution in [-0.4, -0.2) is 36.9 Å². The van der Waals surface area contributed by atoms with E-state index in [1.165, 1.54) is 0 Å². The summed E-state index contributed by atoms with van der Waals surface area (Å²) in [5, 5.41) is 2.50. The van der Waals surface area contributed by atoms with Crippen LogP contribution in [0, 0.1) is 0 Å². The Labute approximate surface area is 135 Å². The standard InChI is InChI=1S/C17H21NO5/c1-2-22-14-9-5-3-7-12(14)17(21)18-11-16(20)23-15-10-6-4-8-13(15)19/h3,5,7,9,15H,2,4,6,8,10-11H2,1H3,(H,18,21)/t15-/m1/s1. The molecule has 0 aliphatic heterocycles. The van der Waals surface area contributed by atoms with Gasteiger partial charge in [-0.05, 0) is 38.3 Å². The molecule has 2 rings (SSSR count). The predicted molar refractivity (Wildman–Crippen MR) is 83.3 cm³/mol. The molecule has 124 valence electrons. The van der Waals surface area contributed by atoms with Crippen molar-refractivity contribution in [3.8, 4) is 5.75 Å². The van der Waals surface area contributed by atoms with Crippen molar-refractivity contribution in [3.05, 3.63) is 29.8 Å². The largest absolute Gasteiger partial charge is 0.493 e. The summed E-state index contributed by atoms with van der Waals surface area (Å²) in [6.07, 6.45) is 2.07. The van der Waals surface area contributed by atoms with Gasteiger partial charge in [0.1, 0.15) is 12.3 Å². The highest BCUT2D eigenvalue weighted by Crippen LogP contribution is 2.18. The molecule has 1 aliphatic carbocycles. The first-order chi connectivity index (χ1) is 11.1. The minimum absolute atomic E-state index is 0.0439. The molecule has 0 bridgehead atoms. The Bertz CT molecular complexity index is 584. The van der Waals surface area contributed by atoms with E-state index in [0.717, 1.165) is 12.8 Å². The Balaban J connectivity index is 1.86. The molecule has 0 heterocycles. The van der Waals surface area contributed by atoms with Gasteiger partial charge in [0.25, 0.3) is 5.91 Å². The molecule has 1 aromatic rings. The minimum Gasteiger partial charge on any atom is -0.493 e. The van der Waals surface area contributed by atoms with E-state index in [-0.39, 0.29) is 12.3 Å². The molecule has 1 atom stereocenters. The lowest BCUT2D eigenvalue weighted by molar-refractivity contribution is -0.155. The molecule has 1 saturated carbocycles. The predicted octanol–water partition coefficient (Wildman–Crippen LogP) is 1.87. The van der Waals surface area contributed by atoms with Gasteiger partial charge in [0.05, 0.1) is 12.2 Å². The van der Waals surface area contributed by atoms with Crippen LogP contribution < -0.4 is 10.1 Å². The van der Waals surface area contributed by atoms with Gasteiger partial charge in [0, 0.05) is 6.42 Å². The van der Waals surface area contributed by atoms with Crippen molar-refractivity contribution >= 4 is 17.7 Å². The third-order valence-corrected chi connectivity index (χ3v) is 3.60. The highest BCUT2D eigenvalue weighted by Gasteiger charge is 2.25. The summed E-state index contributed by atoms with van der Waals surface area (Å²) >= 11 is 0. The SMILES string of the molecule is CCOc1ccccc1C(=O)NCC(=O)O[C@@H]1CCCCC1=O. The summed E-state index contributed by atoms with van der Waals surface area (Å²) in [4.78, 5) is 35.5. The molecular formula is C17H21NO5. The molecule has 1 N–H and O–H groups in total. The maximum absolute atomic E-state index is 12.1. The lowest BCUT2D eigenvalue weighted by atomic mass is 9.96. The van der Waals surface area contributed by atoms with E-state index < -0.39 is 18.0 Å². The number of ether oxygens (including phenoxy) is 2. The van der Waals surface area contributed by atoms with Crippen LogP contribution in [-0.2, 0) is 14.3 Å². The number of hydrogen-bond donors (Lipinski definition) is 1. The Morgan fingerprint density at radius 3 is 2.78 bits per heavy atom. The van der Waals surface area contributed by atoms with Crippen molar-refractivity contribution in [2.75, 3.05) is 13.2 Å². The number of carbonyl (C=O) groups excluding carboxylic acids is 3. The number of para-hydroxylation sites is 1. The Kier molecular flexibility index (Phi) is 6.14. The Hall–Kier alpha value is -2.37. The number of esters is 1. The molecule has 0 aromatic heterocycles. The first-order valence-electron chi connectivity index (χ1n) is 7.84. The fourth-order valence-corrected chi connectivity index (χ4v) is 2.46. The summed E-state index contributed by atoms with van der Waals surface area (Å²) in [7, 11) is 0. The molecule has 6 heteroatoms. The maximum Gasteiger partial charge on any atom is 0.326 e. The van der Waals surface area contributed by atoms with Crippen molar-refractivity contribution in [1.29, 1.82) is 0 Å². The minimum atomic E-state index is -0.663. The first kappa shape index (κ1) is 17.0. The fourth-order valence-electron chi connectivity index (χ4n) is 2.46. The molecule has 23 heavy (non-hydrogen) atoms.